The van der Waals surface area contributed by atoms with Crippen LogP contribution in [0.25, 0.3) is 0 Å². The van der Waals surface area contributed by atoms with Gasteiger partial charge in [0.25, 0.3) is 0 Å². The third-order valence-corrected chi connectivity index (χ3v) is 2.80. The van der Waals surface area contributed by atoms with Crippen molar-refractivity contribution in [2.75, 3.05) is 6.61 Å². The van der Waals surface area contributed by atoms with Crippen LogP contribution in [0.1, 0.15) is 13.8 Å². The van der Waals surface area contributed by atoms with Gasteiger partial charge in [0.05, 0.1) is 24.1 Å². The molecule has 3 N–H and O–H groups in total. The monoisotopic (exact) mass is 238 g/mol. The van der Waals surface area contributed by atoms with E-state index in [0.29, 0.717) is 0 Å². The van der Waals surface area contributed by atoms with E-state index in [1.54, 1.807) is 0 Å². The third kappa shape index (κ3) is 3.05. The molecule has 6 heteroatoms. The van der Waals surface area contributed by atoms with E-state index in [-0.39, 0.29) is 12.7 Å². The van der Waals surface area contributed by atoms with Crippen LogP contribution in [0.4, 0.5) is 0 Å². The summed E-state index contributed by atoms with van der Waals surface area (Å²) in [6.45, 7) is 3.29. The van der Waals surface area contributed by atoms with Crippen LogP contribution < -0.4 is 0 Å². The average Bonchev–Trinajstić information content (AvgIpc) is 2.18. The minimum absolute atomic E-state index is 0.0774. The molecule has 1 rings (SSSR count). The molecular weight excluding hydrogens is 220 g/mol. The van der Waals surface area contributed by atoms with Gasteiger partial charge in [-0.2, -0.15) is 12.6 Å². The number of rotatable bonds is 3. The smallest absolute Gasteiger partial charge is 0.172 e. The summed E-state index contributed by atoms with van der Waals surface area (Å²) in [7, 11) is 0. The summed E-state index contributed by atoms with van der Waals surface area (Å²) < 4.78 is 10.7. The molecule has 1 aliphatic rings. The van der Waals surface area contributed by atoms with E-state index in [1.807, 2.05) is 13.8 Å². The fraction of sp³-hybridized carbons (Fsp3) is 1.00. The van der Waals surface area contributed by atoms with Crippen LogP contribution in [0, 0.1) is 0 Å². The zero-order valence-electron chi connectivity index (χ0n) is 8.78. The third-order valence-electron chi connectivity index (χ3n) is 2.25. The molecule has 5 nitrogen and oxygen atoms in total. The Hall–Kier alpha value is 0.150. The molecule has 1 aliphatic heterocycles. The number of hydrogen-bond donors (Lipinski definition) is 4. The summed E-state index contributed by atoms with van der Waals surface area (Å²) in [6.07, 6.45) is -3.82. The van der Waals surface area contributed by atoms with E-state index in [2.05, 4.69) is 12.6 Å². The van der Waals surface area contributed by atoms with Gasteiger partial charge in [0, 0.05) is 0 Å². The Kier molecular flexibility index (Phi) is 4.82. The fourth-order valence-electron chi connectivity index (χ4n) is 1.45. The predicted molar refractivity (Wildman–Crippen MR) is 56.8 cm³/mol. The van der Waals surface area contributed by atoms with Crippen LogP contribution >= 0.6 is 12.6 Å². The zero-order chi connectivity index (χ0) is 11.6. The number of aliphatic hydroxyl groups excluding tert-OH is 3. The van der Waals surface area contributed by atoms with Crippen LogP contribution in [0.3, 0.4) is 0 Å². The van der Waals surface area contributed by atoms with E-state index in [1.165, 1.54) is 0 Å². The highest BCUT2D eigenvalue weighted by Crippen LogP contribution is 2.26. The first-order chi connectivity index (χ1) is 6.97. The van der Waals surface area contributed by atoms with E-state index in [4.69, 9.17) is 14.6 Å². The molecule has 90 valence electrons. The first-order valence-corrected chi connectivity index (χ1v) is 5.45. The summed E-state index contributed by atoms with van der Waals surface area (Å²) in [6, 6.07) is 0. The van der Waals surface area contributed by atoms with Gasteiger partial charge in [-0.1, -0.05) is 0 Å². The van der Waals surface area contributed by atoms with Gasteiger partial charge in [-0.05, 0) is 13.8 Å². The van der Waals surface area contributed by atoms with E-state index in [9.17, 15) is 10.2 Å². The average molecular weight is 238 g/mol. The molecule has 1 fully saturated rings. The van der Waals surface area contributed by atoms with E-state index in [0.717, 1.165) is 0 Å². The molecule has 0 bridgehead atoms. The SMILES string of the molecule is CC(C)O[C@H]1O[C@H](CO)[C@H](O)[C@H](O)[C@@H]1S. The molecule has 15 heavy (non-hydrogen) atoms. The molecule has 1 saturated heterocycles. The van der Waals surface area contributed by atoms with E-state index < -0.39 is 29.9 Å². The molecule has 0 aliphatic carbocycles. The Balaban J connectivity index is 2.65. The van der Waals surface area contributed by atoms with Crippen LogP contribution in [-0.2, 0) is 9.47 Å². The van der Waals surface area contributed by atoms with Gasteiger partial charge in [0.1, 0.15) is 12.2 Å². The molecule has 0 spiro atoms. The maximum atomic E-state index is 9.63. The van der Waals surface area contributed by atoms with Crippen LogP contribution in [0.5, 0.6) is 0 Å². The number of thiol groups is 1. The first kappa shape index (κ1) is 13.2. The maximum absolute atomic E-state index is 9.63. The number of ether oxygens (including phenoxy) is 2. The molecule has 5 atom stereocenters. The van der Waals surface area contributed by atoms with Crippen molar-refractivity contribution in [3.63, 3.8) is 0 Å². The highest BCUT2D eigenvalue weighted by molar-refractivity contribution is 7.81. The van der Waals surface area contributed by atoms with Crippen LogP contribution in [0.15, 0.2) is 0 Å². The lowest BCUT2D eigenvalue weighted by Crippen LogP contribution is -2.57. The summed E-state index contributed by atoms with van der Waals surface area (Å²) in [4.78, 5) is 0. The second kappa shape index (κ2) is 5.47. The van der Waals surface area contributed by atoms with E-state index >= 15 is 0 Å². The zero-order valence-corrected chi connectivity index (χ0v) is 9.67. The van der Waals surface area contributed by atoms with Crippen molar-refractivity contribution in [3.8, 4) is 0 Å². The van der Waals surface area contributed by atoms with Gasteiger partial charge in [-0.3, -0.25) is 0 Å². The van der Waals surface area contributed by atoms with Gasteiger partial charge >= 0.3 is 0 Å². The van der Waals surface area contributed by atoms with Gasteiger partial charge in [0.15, 0.2) is 6.29 Å². The molecule has 0 aromatic carbocycles. The molecular formula is C9H18O5S. The molecule has 0 aromatic rings. The second-order valence-corrected chi connectivity index (χ2v) is 4.48. The Bertz CT molecular complexity index is 199. The van der Waals surface area contributed by atoms with Crippen LogP contribution in [0.2, 0.25) is 0 Å². The number of aliphatic hydroxyl groups is 3. The minimum Gasteiger partial charge on any atom is -0.394 e. The Morgan fingerprint density at radius 2 is 1.93 bits per heavy atom. The van der Waals surface area contributed by atoms with Gasteiger partial charge in [-0.15, -0.1) is 0 Å². The highest BCUT2D eigenvalue weighted by Gasteiger charge is 2.43. The molecule has 0 amide bonds. The summed E-state index contributed by atoms with van der Waals surface area (Å²) in [5, 5.41) is 27.5. The first-order valence-electron chi connectivity index (χ1n) is 4.93. The van der Waals surface area contributed by atoms with Crippen molar-refractivity contribution in [1.82, 2.24) is 0 Å². The normalized spacial score (nSPS) is 42.2. The van der Waals surface area contributed by atoms with Gasteiger partial charge in [-0.25, -0.2) is 0 Å². The predicted octanol–water partition coefficient (Wildman–Crippen LogP) is -0.851. The molecule has 0 radical (unpaired) electrons. The van der Waals surface area contributed by atoms with Crippen molar-refractivity contribution in [3.05, 3.63) is 0 Å². The standard InChI is InChI=1S/C9H18O5S/c1-4(2)13-9-8(15)7(12)6(11)5(3-10)14-9/h4-12,15H,3H2,1-2H3/t5-,6+,7+,8+,9+/m1/s1. The molecule has 0 aromatic heterocycles. The lowest BCUT2D eigenvalue weighted by atomic mass is 10.0. The summed E-state index contributed by atoms with van der Waals surface area (Å²) in [5.41, 5.74) is 0. The second-order valence-electron chi connectivity index (χ2n) is 3.88. The molecule has 0 saturated carbocycles. The topological polar surface area (TPSA) is 79.2 Å². The van der Waals surface area contributed by atoms with Gasteiger partial charge < -0.3 is 24.8 Å². The maximum Gasteiger partial charge on any atom is 0.172 e. The van der Waals surface area contributed by atoms with Crippen molar-refractivity contribution in [1.29, 1.82) is 0 Å². The lowest BCUT2D eigenvalue weighted by Gasteiger charge is -2.40. The van der Waals surface area contributed by atoms with Crippen molar-refractivity contribution >= 4 is 12.6 Å². The molecule has 0 unspecified atom stereocenters. The Morgan fingerprint density at radius 3 is 2.40 bits per heavy atom. The van der Waals surface area contributed by atoms with Crippen LogP contribution in [-0.4, -0.2) is 57.9 Å². The van der Waals surface area contributed by atoms with Gasteiger partial charge in [0.2, 0.25) is 0 Å². The quantitative estimate of drug-likeness (QED) is 0.482. The largest absolute Gasteiger partial charge is 0.394 e. The van der Waals surface area contributed by atoms with Crippen molar-refractivity contribution in [2.45, 2.75) is 49.8 Å². The molecule has 1 heterocycles. The summed E-state index contributed by atoms with van der Waals surface area (Å²) >= 11 is 4.12. The fourth-order valence-corrected chi connectivity index (χ4v) is 1.76. The summed E-state index contributed by atoms with van der Waals surface area (Å²) in [5.74, 6) is 0. The van der Waals surface area contributed by atoms with Crippen molar-refractivity contribution < 1.29 is 24.8 Å². The lowest BCUT2D eigenvalue weighted by molar-refractivity contribution is -0.261. The minimum atomic E-state index is -1.13. The Morgan fingerprint density at radius 1 is 1.33 bits per heavy atom. The highest BCUT2D eigenvalue weighted by atomic mass is 32.1. The Labute approximate surface area is 94.4 Å². The number of hydrogen-bond acceptors (Lipinski definition) is 6. The van der Waals surface area contributed by atoms with Crippen molar-refractivity contribution in [2.24, 2.45) is 0 Å².